The number of rotatable bonds is 7. The van der Waals surface area contributed by atoms with Crippen molar-refractivity contribution in [2.24, 2.45) is 11.8 Å². The van der Waals surface area contributed by atoms with Crippen LogP contribution in [0.5, 0.6) is 0 Å². The summed E-state index contributed by atoms with van der Waals surface area (Å²) >= 11 is 0. The lowest BCUT2D eigenvalue weighted by atomic mass is 9.79. The van der Waals surface area contributed by atoms with Gasteiger partial charge in [0.2, 0.25) is 11.7 Å². The molecular formula is C25H29N3O2. The lowest BCUT2D eigenvalue weighted by Gasteiger charge is -2.27. The monoisotopic (exact) mass is 403 g/mol. The molecular weight excluding hydrogens is 374 g/mol. The molecule has 1 aliphatic rings. The van der Waals surface area contributed by atoms with Gasteiger partial charge in [0.1, 0.15) is 0 Å². The second-order valence-electron chi connectivity index (χ2n) is 8.22. The Kier molecular flexibility index (Phi) is 6.57. The SMILES string of the molecule is CCCCC1CCC(C(=O)Nc2ccc(-c3nc(-c4ccccc4)no3)cc2)CC1. The standard InChI is InChI=1S/C25H29N3O2/c1-2-3-7-18-10-12-20(13-11-18)24(29)26-22-16-14-21(15-17-22)25-27-23(28-30-25)19-8-5-4-6-9-19/h4-6,8-9,14-18,20H,2-3,7,10-13H2,1H3,(H,26,29). The number of hydrogen-bond donors (Lipinski definition) is 1. The van der Waals surface area contributed by atoms with Crippen LogP contribution in [0.15, 0.2) is 59.1 Å². The molecule has 0 bridgehead atoms. The number of unbranched alkanes of at least 4 members (excludes halogenated alkanes) is 1. The summed E-state index contributed by atoms with van der Waals surface area (Å²) < 4.78 is 5.41. The smallest absolute Gasteiger partial charge is 0.258 e. The van der Waals surface area contributed by atoms with Gasteiger partial charge in [0, 0.05) is 22.7 Å². The number of hydrogen-bond acceptors (Lipinski definition) is 4. The zero-order valence-corrected chi connectivity index (χ0v) is 17.5. The summed E-state index contributed by atoms with van der Waals surface area (Å²) in [5, 5.41) is 7.14. The highest BCUT2D eigenvalue weighted by molar-refractivity contribution is 5.92. The molecule has 156 valence electrons. The molecule has 1 saturated carbocycles. The molecule has 0 aliphatic heterocycles. The van der Waals surface area contributed by atoms with Crippen molar-refractivity contribution in [2.45, 2.75) is 51.9 Å². The van der Waals surface area contributed by atoms with Gasteiger partial charge in [-0.05, 0) is 55.9 Å². The van der Waals surface area contributed by atoms with Crippen LogP contribution in [0.25, 0.3) is 22.8 Å². The number of aromatic nitrogens is 2. The Balaban J connectivity index is 1.33. The van der Waals surface area contributed by atoms with Crippen LogP contribution in [0.1, 0.15) is 51.9 Å². The Morgan fingerprint density at radius 3 is 2.43 bits per heavy atom. The van der Waals surface area contributed by atoms with Crippen molar-refractivity contribution in [3.05, 3.63) is 54.6 Å². The first kappa shape index (κ1) is 20.3. The van der Waals surface area contributed by atoms with E-state index in [0.717, 1.165) is 35.6 Å². The number of anilines is 1. The molecule has 5 heteroatoms. The maximum Gasteiger partial charge on any atom is 0.258 e. The fourth-order valence-electron chi connectivity index (χ4n) is 4.19. The van der Waals surface area contributed by atoms with Crippen molar-refractivity contribution in [3.63, 3.8) is 0 Å². The van der Waals surface area contributed by atoms with E-state index in [-0.39, 0.29) is 11.8 Å². The van der Waals surface area contributed by atoms with Gasteiger partial charge in [-0.25, -0.2) is 0 Å². The molecule has 0 spiro atoms. The van der Waals surface area contributed by atoms with Crippen LogP contribution in [-0.4, -0.2) is 16.0 Å². The molecule has 1 aromatic heterocycles. The van der Waals surface area contributed by atoms with E-state index in [1.54, 1.807) is 0 Å². The fraction of sp³-hybridized carbons (Fsp3) is 0.400. The van der Waals surface area contributed by atoms with E-state index in [4.69, 9.17) is 4.52 Å². The third kappa shape index (κ3) is 4.96. The number of carbonyl (C=O) groups excluding carboxylic acids is 1. The van der Waals surface area contributed by atoms with Gasteiger partial charge < -0.3 is 9.84 Å². The largest absolute Gasteiger partial charge is 0.334 e. The Labute approximate surface area is 177 Å². The Hall–Kier alpha value is -2.95. The van der Waals surface area contributed by atoms with Crippen molar-refractivity contribution in [2.75, 3.05) is 5.32 Å². The van der Waals surface area contributed by atoms with Gasteiger partial charge in [-0.1, -0.05) is 61.7 Å². The van der Waals surface area contributed by atoms with Crippen LogP contribution in [0.3, 0.4) is 0 Å². The van der Waals surface area contributed by atoms with E-state index in [9.17, 15) is 4.79 Å². The second-order valence-corrected chi connectivity index (χ2v) is 8.22. The van der Waals surface area contributed by atoms with Gasteiger partial charge in [-0.3, -0.25) is 4.79 Å². The third-order valence-electron chi connectivity index (χ3n) is 6.04. The van der Waals surface area contributed by atoms with E-state index in [2.05, 4.69) is 22.4 Å². The molecule has 1 heterocycles. The van der Waals surface area contributed by atoms with Gasteiger partial charge in [-0.15, -0.1) is 0 Å². The summed E-state index contributed by atoms with van der Waals surface area (Å²) in [6.07, 6.45) is 8.24. The van der Waals surface area contributed by atoms with Gasteiger partial charge >= 0.3 is 0 Å². The van der Waals surface area contributed by atoms with Gasteiger partial charge in [0.05, 0.1) is 0 Å². The number of nitrogens with zero attached hydrogens (tertiary/aromatic N) is 2. The summed E-state index contributed by atoms with van der Waals surface area (Å²) in [5.74, 6) is 2.12. The van der Waals surface area contributed by atoms with Crippen molar-refractivity contribution in [3.8, 4) is 22.8 Å². The number of benzene rings is 2. The summed E-state index contributed by atoms with van der Waals surface area (Å²) in [6.45, 7) is 2.24. The van der Waals surface area contributed by atoms with Crippen LogP contribution in [0.4, 0.5) is 5.69 Å². The highest BCUT2D eigenvalue weighted by Crippen LogP contribution is 2.32. The zero-order chi connectivity index (χ0) is 20.8. The highest BCUT2D eigenvalue weighted by atomic mass is 16.5. The molecule has 1 N–H and O–H groups in total. The van der Waals surface area contributed by atoms with Gasteiger partial charge in [-0.2, -0.15) is 4.98 Å². The quantitative estimate of drug-likeness (QED) is 0.500. The molecule has 0 radical (unpaired) electrons. The highest BCUT2D eigenvalue weighted by Gasteiger charge is 2.26. The molecule has 1 aliphatic carbocycles. The summed E-state index contributed by atoms with van der Waals surface area (Å²) in [5.41, 5.74) is 2.56. The topological polar surface area (TPSA) is 68.0 Å². The number of nitrogens with one attached hydrogen (secondary N) is 1. The number of amides is 1. The maximum absolute atomic E-state index is 12.7. The lowest BCUT2D eigenvalue weighted by molar-refractivity contribution is -0.121. The van der Waals surface area contributed by atoms with Crippen molar-refractivity contribution in [1.82, 2.24) is 10.1 Å². The first-order valence-corrected chi connectivity index (χ1v) is 11.0. The Morgan fingerprint density at radius 1 is 1.00 bits per heavy atom. The average Bonchev–Trinajstić information content (AvgIpc) is 3.29. The minimum Gasteiger partial charge on any atom is -0.334 e. The minimum absolute atomic E-state index is 0.131. The average molecular weight is 404 g/mol. The van der Waals surface area contributed by atoms with Crippen molar-refractivity contribution < 1.29 is 9.32 Å². The van der Waals surface area contributed by atoms with Gasteiger partial charge in [0.25, 0.3) is 5.89 Å². The zero-order valence-electron chi connectivity index (χ0n) is 17.5. The van der Waals surface area contributed by atoms with Crippen LogP contribution in [0, 0.1) is 11.8 Å². The predicted molar refractivity (Wildman–Crippen MR) is 119 cm³/mol. The van der Waals surface area contributed by atoms with Crippen LogP contribution in [0.2, 0.25) is 0 Å². The molecule has 3 aromatic rings. The van der Waals surface area contributed by atoms with E-state index in [1.807, 2.05) is 54.6 Å². The summed E-state index contributed by atoms with van der Waals surface area (Å²) in [7, 11) is 0. The molecule has 1 amide bonds. The molecule has 0 atom stereocenters. The molecule has 5 nitrogen and oxygen atoms in total. The van der Waals surface area contributed by atoms with E-state index in [0.29, 0.717) is 11.7 Å². The first-order valence-electron chi connectivity index (χ1n) is 11.0. The van der Waals surface area contributed by atoms with Crippen molar-refractivity contribution >= 4 is 11.6 Å². The molecule has 30 heavy (non-hydrogen) atoms. The number of carbonyl (C=O) groups is 1. The first-order chi connectivity index (χ1) is 14.7. The lowest BCUT2D eigenvalue weighted by Crippen LogP contribution is -2.27. The van der Waals surface area contributed by atoms with E-state index in [1.165, 1.54) is 32.1 Å². The van der Waals surface area contributed by atoms with Crippen LogP contribution < -0.4 is 5.32 Å². The summed E-state index contributed by atoms with van der Waals surface area (Å²) in [6, 6.07) is 17.3. The Bertz CT molecular complexity index is 942. The molecule has 0 saturated heterocycles. The van der Waals surface area contributed by atoms with Gasteiger partial charge in [0.15, 0.2) is 0 Å². The predicted octanol–water partition coefficient (Wildman–Crippen LogP) is 6.34. The van der Waals surface area contributed by atoms with Crippen molar-refractivity contribution in [1.29, 1.82) is 0 Å². The minimum atomic E-state index is 0.131. The van der Waals surface area contributed by atoms with E-state index < -0.39 is 0 Å². The summed E-state index contributed by atoms with van der Waals surface area (Å²) in [4.78, 5) is 17.1. The molecule has 0 unspecified atom stereocenters. The normalized spacial score (nSPS) is 18.8. The maximum atomic E-state index is 12.7. The van der Waals surface area contributed by atoms with Crippen LogP contribution >= 0.6 is 0 Å². The fourth-order valence-corrected chi connectivity index (χ4v) is 4.19. The second kappa shape index (κ2) is 9.70. The molecule has 2 aromatic carbocycles. The van der Waals surface area contributed by atoms with E-state index >= 15 is 0 Å². The third-order valence-corrected chi connectivity index (χ3v) is 6.04. The van der Waals surface area contributed by atoms with Crippen LogP contribution in [-0.2, 0) is 4.79 Å². The Morgan fingerprint density at radius 2 is 1.73 bits per heavy atom. The molecule has 4 rings (SSSR count). The molecule has 1 fully saturated rings.